The smallest absolute Gasteiger partial charge is 0.469 e. The van der Waals surface area contributed by atoms with Crippen LogP contribution in [0.1, 0.15) is 24.0 Å². The van der Waals surface area contributed by atoms with Crippen molar-refractivity contribution in [3.05, 3.63) is 117 Å². The van der Waals surface area contributed by atoms with Crippen LogP contribution in [0.25, 0.3) is 0 Å². The molecule has 2 heterocycles. The summed E-state index contributed by atoms with van der Waals surface area (Å²) in [5, 5.41) is 12.9. The number of methoxy groups -OCH3 is 1. The van der Waals surface area contributed by atoms with Crippen molar-refractivity contribution >= 4 is 17.6 Å². The van der Waals surface area contributed by atoms with Gasteiger partial charge in [0.15, 0.2) is 5.69 Å². The minimum absolute atomic E-state index is 0. The number of hydrogen-bond donors (Lipinski definition) is 0. The molecule has 0 saturated carbocycles. The number of halogens is 1. The van der Waals surface area contributed by atoms with E-state index in [1.807, 2.05) is 36.4 Å². The van der Waals surface area contributed by atoms with Gasteiger partial charge in [0, 0.05) is 30.3 Å². The van der Waals surface area contributed by atoms with E-state index in [0.29, 0.717) is 22.9 Å². The normalized spacial score (nSPS) is 9.56. The Kier molecular flexibility index (Phi) is 14.3. The number of nitriles is 1. The van der Waals surface area contributed by atoms with Crippen molar-refractivity contribution < 1.29 is 35.3 Å². The van der Waals surface area contributed by atoms with Gasteiger partial charge in [-0.1, -0.05) is 41.9 Å². The number of pyridine rings is 1. The SMILES string of the molecule is COC(=O)CCCn1c(=O)[n-]n(Cc2ccc(Cl)cc2)c1=O.N#Cc1ccc(Oc2ccccc2)nc1.[CH3-].[W+2]. The minimum atomic E-state index is -0.621. The molecule has 0 atom stereocenters. The van der Waals surface area contributed by atoms with Gasteiger partial charge in [0.2, 0.25) is 11.6 Å². The molecule has 2 aromatic carbocycles. The average Bonchev–Trinajstić information content (AvgIpc) is 3.18. The fourth-order valence-electron chi connectivity index (χ4n) is 3.08. The zero-order valence-electron chi connectivity index (χ0n) is 21.3. The van der Waals surface area contributed by atoms with Gasteiger partial charge in [0.25, 0.3) is 0 Å². The van der Waals surface area contributed by atoms with Gasteiger partial charge in [-0.15, -0.1) is 0 Å². The van der Waals surface area contributed by atoms with E-state index in [9.17, 15) is 14.4 Å². The Balaban J connectivity index is 0.000000394. The summed E-state index contributed by atoms with van der Waals surface area (Å²) in [7, 11) is 1.29. The second kappa shape index (κ2) is 16.8. The van der Waals surface area contributed by atoms with E-state index in [1.54, 1.807) is 36.4 Å². The standard InChI is InChI=1S/C14H16ClN3O4.C12H8N2O.CH3.W/c1-22-12(19)3-2-8-17-13(20)16-18(14(17)21)9-10-4-6-11(15)7-5-10;13-8-10-6-7-12(14-9-10)15-11-4-2-1-3-5-11;;/h4-7H,2-3,8-9H2,1H3,(H,16,20);1-7,9H;1H3;/q;;-1;+2/p-1. The van der Waals surface area contributed by atoms with E-state index in [2.05, 4.69) is 14.8 Å². The quantitative estimate of drug-likeness (QED) is 0.199. The zero-order valence-corrected chi connectivity index (χ0v) is 25.0. The number of rotatable bonds is 8. The molecule has 4 aromatic rings. The average molecular weight is 720 g/mol. The van der Waals surface area contributed by atoms with Gasteiger partial charge in [-0.25, -0.2) is 4.98 Å². The molecule has 4 rings (SSSR count). The summed E-state index contributed by atoms with van der Waals surface area (Å²) in [6.07, 6.45) is 1.97. The van der Waals surface area contributed by atoms with Crippen LogP contribution in [0.15, 0.2) is 82.5 Å². The van der Waals surface area contributed by atoms with E-state index < -0.39 is 11.4 Å². The van der Waals surface area contributed by atoms with Crippen LogP contribution in [-0.2, 0) is 43.7 Å². The Morgan fingerprint density at radius 2 is 1.77 bits per heavy atom. The van der Waals surface area contributed by atoms with Crippen LogP contribution >= 0.6 is 11.6 Å². The first-order valence-electron chi connectivity index (χ1n) is 11.1. The van der Waals surface area contributed by atoms with Gasteiger partial charge in [0.1, 0.15) is 11.8 Å². The van der Waals surface area contributed by atoms with E-state index in [4.69, 9.17) is 21.6 Å². The second-order valence-corrected chi connectivity index (χ2v) is 8.03. The maximum absolute atomic E-state index is 12.1. The van der Waals surface area contributed by atoms with Crippen LogP contribution in [-0.4, -0.2) is 27.3 Å². The summed E-state index contributed by atoms with van der Waals surface area (Å²) in [4.78, 5) is 38.9. The molecule has 0 bridgehead atoms. The van der Waals surface area contributed by atoms with E-state index >= 15 is 0 Å². The Hall–Kier alpha value is -3.93. The third-order valence-electron chi connectivity index (χ3n) is 4.96. The Morgan fingerprint density at radius 1 is 1.08 bits per heavy atom. The molecule has 0 spiro atoms. The molecule has 202 valence electrons. The van der Waals surface area contributed by atoms with Crippen molar-refractivity contribution in [3.63, 3.8) is 0 Å². The fourth-order valence-corrected chi connectivity index (χ4v) is 3.20. The first-order chi connectivity index (χ1) is 17.9. The minimum Gasteiger partial charge on any atom is -0.469 e. The van der Waals surface area contributed by atoms with Crippen molar-refractivity contribution in [1.82, 2.24) is 19.3 Å². The van der Waals surface area contributed by atoms with Gasteiger partial charge in [-0.2, -0.15) is 5.26 Å². The third-order valence-corrected chi connectivity index (χ3v) is 5.21. The van der Waals surface area contributed by atoms with Crippen LogP contribution in [0, 0.1) is 18.8 Å². The van der Waals surface area contributed by atoms with Gasteiger partial charge in [-0.05, 0) is 48.9 Å². The van der Waals surface area contributed by atoms with Crippen LogP contribution in [0.5, 0.6) is 11.6 Å². The predicted molar refractivity (Wildman–Crippen MR) is 142 cm³/mol. The summed E-state index contributed by atoms with van der Waals surface area (Å²) in [5.41, 5.74) is 0.217. The predicted octanol–water partition coefficient (Wildman–Crippen LogP) is 3.82. The summed E-state index contributed by atoms with van der Waals surface area (Å²) in [6.45, 7) is 0.322. The van der Waals surface area contributed by atoms with Crippen molar-refractivity contribution in [3.8, 4) is 17.7 Å². The van der Waals surface area contributed by atoms with Crippen LogP contribution in [0.3, 0.4) is 0 Å². The van der Waals surface area contributed by atoms with Crippen LogP contribution in [0.2, 0.25) is 5.02 Å². The van der Waals surface area contributed by atoms with Crippen LogP contribution in [0.4, 0.5) is 0 Å². The molecule has 0 aliphatic heterocycles. The topological polar surface area (TPSA) is 130 Å². The van der Waals surface area contributed by atoms with E-state index in [0.717, 1.165) is 20.6 Å². The zero-order chi connectivity index (χ0) is 26.6. The van der Waals surface area contributed by atoms with E-state index in [-0.39, 0.29) is 54.0 Å². The number of para-hydroxylation sites is 1. The van der Waals surface area contributed by atoms with Gasteiger partial charge in [0.05, 0.1) is 12.7 Å². The molecule has 0 N–H and O–H groups in total. The molecule has 12 heteroatoms. The number of carbonyl (C=O) groups is 1. The summed E-state index contributed by atoms with van der Waals surface area (Å²) in [5.74, 6) is 0.837. The Morgan fingerprint density at radius 3 is 2.36 bits per heavy atom. The molecule has 10 nitrogen and oxygen atoms in total. The molecular weight excluding hydrogens is 694 g/mol. The van der Waals surface area contributed by atoms with Gasteiger partial charge >= 0.3 is 27.0 Å². The van der Waals surface area contributed by atoms with Crippen LogP contribution < -0.4 is 21.2 Å². The number of carbonyl (C=O) groups excluding carboxylic acids is 1. The fraction of sp³-hybridized carbons (Fsp3) is 0.185. The van der Waals surface area contributed by atoms with Gasteiger partial charge in [-0.3, -0.25) is 14.4 Å². The molecule has 0 amide bonds. The summed E-state index contributed by atoms with van der Waals surface area (Å²) >= 11 is 5.79. The molecule has 39 heavy (non-hydrogen) atoms. The summed E-state index contributed by atoms with van der Waals surface area (Å²) < 4.78 is 12.1. The molecule has 2 aromatic heterocycles. The molecule has 0 saturated heterocycles. The number of aromatic nitrogens is 4. The largest absolute Gasteiger partial charge is 2.00 e. The Labute approximate surface area is 245 Å². The molecule has 0 aliphatic carbocycles. The van der Waals surface area contributed by atoms with Crippen molar-refractivity contribution in [2.75, 3.05) is 7.11 Å². The molecule has 0 unspecified atom stereocenters. The van der Waals surface area contributed by atoms with Crippen molar-refractivity contribution in [2.45, 2.75) is 25.9 Å². The number of hydrogen-bond acceptors (Lipinski definition) is 7. The molecule has 0 fully saturated rings. The van der Waals surface area contributed by atoms with E-state index in [1.165, 1.54) is 13.3 Å². The number of benzene rings is 2. The molecule has 0 radical (unpaired) electrons. The molecular formula is C27H26ClN5O5W. The number of nitrogens with zero attached hydrogens (tertiary/aromatic N) is 5. The van der Waals surface area contributed by atoms with Crippen molar-refractivity contribution in [1.29, 1.82) is 5.26 Å². The number of esters is 1. The first-order valence-corrected chi connectivity index (χ1v) is 11.5. The maximum Gasteiger partial charge on any atom is 2.00 e. The third kappa shape index (κ3) is 10.4. The van der Waals surface area contributed by atoms with Gasteiger partial charge < -0.3 is 31.2 Å². The molecule has 0 aliphatic rings. The number of ether oxygens (including phenoxy) is 2. The second-order valence-electron chi connectivity index (χ2n) is 7.59. The summed E-state index contributed by atoms with van der Waals surface area (Å²) in [6, 6.07) is 21.7. The van der Waals surface area contributed by atoms with Crippen molar-refractivity contribution in [2.24, 2.45) is 0 Å². The Bertz CT molecular complexity index is 1460. The monoisotopic (exact) mass is 719 g/mol. The maximum atomic E-state index is 12.1. The first kappa shape index (κ1) is 33.1.